The van der Waals surface area contributed by atoms with E-state index in [0.717, 1.165) is 24.0 Å². The molecule has 2 aromatic rings. The molecule has 0 heterocycles. The molecule has 1 N–H and O–H groups in total. The van der Waals surface area contributed by atoms with Gasteiger partial charge in [0, 0.05) is 5.41 Å². The summed E-state index contributed by atoms with van der Waals surface area (Å²) in [4.78, 5) is 11.4. The fourth-order valence-corrected chi connectivity index (χ4v) is 4.43. The van der Waals surface area contributed by atoms with E-state index in [4.69, 9.17) is 4.74 Å². The highest BCUT2D eigenvalue weighted by Crippen LogP contribution is 2.41. The molecule has 0 bridgehead atoms. The van der Waals surface area contributed by atoms with E-state index in [2.05, 4.69) is 55.8 Å². The number of hydrogen-bond donors (Lipinski definition) is 1. The van der Waals surface area contributed by atoms with E-state index in [0.29, 0.717) is 18.6 Å². The van der Waals surface area contributed by atoms with Crippen LogP contribution in [0.4, 0.5) is 0 Å². The standard InChI is InChI=1S/C29H40O4/c1-8-28(31,9-2)17-16-23-12-13-24(18-21(23)5)29(10-3,11-4)25-14-15-26(22(6)19-25)33-20-27(30)32-7/h12-19,31H,8-11,20H2,1-7H3/b17-16+. The molecule has 0 aliphatic heterocycles. The second-order valence-electron chi connectivity index (χ2n) is 8.85. The minimum atomic E-state index is -0.753. The van der Waals surface area contributed by atoms with E-state index < -0.39 is 11.6 Å². The second kappa shape index (κ2) is 11.5. The number of esters is 1. The summed E-state index contributed by atoms with van der Waals surface area (Å²) in [6, 6.07) is 12.9. The Morgan fingerprint density at radius 3 is 1.97 bits per heavy atom. The maximum Gasteiger partial charge on any atom is 0.343 e. The zero-order chi connectivity index (χ0) is 24.6. The van der Waals surface area contributed by atoms with Crippen molar-refractivity contribution in [2.45, 2.75) is 78.2 Å². The first-order valence-corrected chi connectivity index (χ1v) is 12.0. The molecule has 0 aromatic heterocycles. The van der Waals surface area contributed by atoms with Gasteiger partial charge in [-0.05, 0) is 73.4 Å². The Hall–Kier alpha value is -2.59. The zero-order valence-corrected chi connectivity index (χ0v) is 21.3. The third kappa shape index (κ3) is 6.05. The summed E-state index contributed by atoms with van der Waals surface area (Å²) in [7, 11) is 1.36. The van der Waals surface area contributed by atoms with Crippen molar-refractivity contribution < 1.29 is 19.4 Å². The van der Waals surface area contributed by atoms with Gasteiger partial charge in [-0.15, -0.1) is 0 Å². The van der Waals surface area contributed by atoms with Crippen LogP contribution >= 0.6 is 0 Å². The lowest BCUT2D eigenvalue weighted by Crippen LogP contribution is -2.26. The fourth-order valence-electron chi connectivity index (χ4n) is 4.43. The lowest BCUT2D eigenvalue weighted by molar-refractivity contribution is -0.142. The molecule has 2 aromatic carbocycles. The van der Waals surface area contributed by atoms with Crippen LogP contribution in [0.5, 0.6) is 5.75 Å². The maximum absolute atomic E-state index is 11.4. The van der Waals surface area contributed by atoms with Crippen LogP contribution in [0, 0.1) is 13.8 Å². The molecule has 0 unspecified atom stereocenters. The summed E-state index contributed by atoms with van der Waals surface area (Å²) in [5.74, 6) is 0.303. The molecular formula is C29H40O4. The lowest BCUT2D eigenvalue weighted by Gasteiger charge is -2.34. The minimum absolute atomic E-state index is 0.0945. The highest BCUT2D eigenvalue weighted by Gasteiger charge is 2.31. The number of rotatable bonds is 11. The largest absolute Gasteiger partial charge is 0.482 e. The topological polar surface area (TPSA) is 55.8 Å². The Kier molecular flexibility index (Phi) is 9.30. The van der Waals surface area contributed by atoms with Gasteiger partial charge in [-0.3, -0.25) is 0 Å². The van der Waals surface area contributed by atoms with E-state index in [1.165, 1.54) is 23.8 Å². The molecule has 0 saturated heterocycles. The normalized spacial score (nSPS) is 12.2. The Bertz CT molecular complexity index is 966. The quantitative estimate of drug-likeness (QED) is 0.394. The Labute approximate surface area is 199 Å². The summed E-state index contributed by atoms with van der Waals surface area (Å²) in [6.45, 7) is 12.5. The smallest absolute Gasteiger partial charge is 0.343 e. The van der Waals surface area contributed by atoms with E-state index >= 15 is 0 Å². The van der Waals surface area contributed by atoms with Crippen molar-refractivity contribution in [2.24, 2.45) is 0 Å². The van der Waals surface area contributed by atoms with E-state index in [-0.39, 0.29) is 12.0 Å². The molecule has 0 saturated carbocycles. The fraction of sp³-hybridized carbons (Fsp3) is 0.483. The first kappa shape index (κ1) is 26.7. The van der Waals surface area contributed by atoms with Gasteiger partial charge in [0.15, 0.2) is 6.61 Å². The van der Waals surface area contributed by atoms with Crippen LogP contribution < -0.4 is 4.74 Å². The van der Waals surface area contributed by atoms with Crippen molar-refractivity contribution in [3.05, 3.63) is 70.3 Å². The number of benzene rings is 2. The predicted octanol–water partition coefficient (Wildman–Crippen LogP) is 6.53. The molecular weight excluding hydrogens is 412 g/mol. The second-order valence-corrected chi connectivity index (χ2v) is 8.85. The van der Waals surface area contributed by atoms with Crippen molar-refractivity contribution in [1.29, 1.82) is 0 Å². The average molecular weight is 453 g/mol. The average Bonchev–Trinajstić information content (AvgIpc) is 2.83. The van der Waals surface area contributed by atoms with Gasteiger partial charge in [0.2, 0.25) is 0 Å². The van der Waals surface area contributed by atoms with Crippen LogP contribution in [-0.2, 0) is 14.9 Å². The Morgan fingerprint density at radius 1 is 0.909 bits per heavy atom. The molecule has 4 heteroatoms. The lowest BCUT2D eigenvalue weighted by atomic mass is 9.70. The van der Waals surface area contributed by atoms with Crippen LogP contribution in [0.1, 0.15) is 81.2 Å². The SMILES string of the molecule is CCC(O)(/C=C/c1ccc(C(CC)(CC)c2ccc(OCC(=O)OC)c(C)c2)cc1C)CC. The summed E-state index contributed by atoms with van der Waals surface area (Å²) in [6.07, 6.45) is 7.30. The van der Waals surface area contributed by atoms with Crippen molar-refractivity contribution in [1.82, 2.24) is 0 Å². The number of ether oxygens (including phenoxy) is 2. The third-order valence-corrected chi connectivity index (χ3v) is 7.13. The van der Waals surface area contributed by atoms with Crippen molar-refractivity contribution in [3.63, 3.8) is 0 Å². The van der Waals surface area contributed by atoms with E-state index in [1.807, 2.05) is 39.0 Å². The highest BCUT2D eigenvalue weighted by molar-refractivity contribution is 5.71. The molecule has 0 fully saturated rings. The van der Waals surface area contributed by atoms with Crippen molar-refractivity contribution in [3.8, 4) is 5.75 Å². The molecule has 0 radical (unpaired) electrons. The minimum Gasteiger partial charge on any atom is -0.482 e. The number of hydrogen-bond acceptors (Lipinski definition) is 4. The van der Waals surface area contributed by atoms with Crippen molar-refractivity contribution >= 4 is 12.0 Å². The molecule has 33 heavy (non-hydrogen) atoms. The summed E-state index contributed by atoms with van der Waals surface area (Å²) in [5, 5.41) is 10.6. The van der Waals surface area contributed by atoms with Gasteiger partial charge in [-0.25, -0.2) is 4.79 Å². The molecule has 0 aliphatic rings. The van der Waals surface area contributed by atoms with Gasteiger partial charge in [0.05, 0.1) is 12.7 Å². The number of aliphatic hydroxyl groups is 1. The first-order valence-electron chi connectivity index (χ1n) is 12.0. The van der Waals surface area contributed by atoms with Crippen LogP contribution in [0.15, 0.2) is 42.5 Å². The Morgan fingerprint density at radius 2 is 1.48 bits per heavy atom. The first-order chi connectivity index (χ1) is 15.7. The van der Waals surface area contributed by atoms with Gasteiger partial charge in [-0.1, -0.05) is 70.2 Å². The molecule has 0 atom stereocenters. The van der Waals surface area contributed by atoms with Crippen LogP contribution in [0.3, 0.4) is 0 Å². The number of carbonyl (C=O) groups excluding carboxylic acids is 1. The molecule has 0 amide bonds. The van der Waals surface area contributed by atoms with E-state index in [1.54, 1.807) is 0 Å². The van der Waals surface area contributed by atoms with Crippen LogP contribution in [0.2, 0.25) is 0 Å². The van der Waals surface area contributed by atoms with Gasteiger partial charge < -0.3 is 14.6 Å². The molecule has 0 aliphatic carbocycles. The monoisotopic (exact) mass is 452 g/mol. The van der Waals surface area contributed by atoms with Crippen molar-refractivity contribution in [2.75, 3.05) is 13.7 Å². The number of methoxy groups -OCH3 is 1. The summed E-state index contributed by atoms with van der Waals surface area (Å²) >= 11 is 0. The van der Waals surface area contributed by atoms with Gasteiger partial charge in [0.25, 0.3) is 0 Å². The summed E-state index contributed by atoms with van der Waals surface area (Å²) in [5.41, 5.74) is 4.97. The number of carbonyl (C=O) groups is 1. The maximum atomic E-state index is 11.4. The van der Waals surface area contributed by atoms with Gasteiger partial charge >= 0.3 is 5.97 Å². The number of aryl methyl sites for hydroxylation is 2. The van der Waals surface area contributed by atoms with E-state index in [9.17, 15) is 9.90 Å². The molecule has 4 nitrogen and oxygen atoms in total. The van der Waals surface area contributed by atoms with Gasteiger partial charge in [0.1, 0.15) is 5.75 Å². The van der Waals surface area contributed by atoms with Crippen LogP contribution in [-0.4, -0.2) is 30.4 Å². The predicted molar refractivity (Wildman–Crippen MR) is 136 cm³/mol. The third-order valence-electron chi connectivity index (χ3n) is 7.13. The molecule has 180 valence electrons. The van der Waals surface area contributed by atoms with Gasteiger partial charge in [-0.2, -0.15) is 0 Å². The molecule has 0 spiro atoms. The highest BCUT2D eigenvalue weighted by atomic mass is 16.6. The summed E-state index contributed by atoms with van der Waals surface area (Å²) < 4.78 is 10.3. The zero-order valence-electron chi connectivity index (χ0n) is 21.3. The molecule has 2 rings (SSSR count). The van der Waals surface area contributed by atoms with Crippen LogP contribution in [0.25, 0.3) is 6.08 Å². The Balaban J connectivity index is 2.41.